The summed E-state index contributed by atoms with van der Waals surface area (Å²) in [5.74, 6) is -2.69. The number of benzene rings is 1. The lowest BCUT2D eigenvalue weighted by atomic mass is 9.75. The molecule has 1 N–H and O–H groups in total. The smallest absolute Gasteiger partial charge is 0.336 e. The Hall–Kier alpha value is -3.21. The summed E-state index contributed by atoms with van der Waals surface area (Å²) in [6, 6.07) is 5.97. The van der Waals surface area contributed by atoms with Gasteiger partial charge in [0.05, 0.1) is 22.8 Å². The van der Waals surface area contributed by atoms with Crippen LogP contribution in [0.3, 0.4) is 0 Å². The van der Waals surface area contributed by atoms with Crippen LogP contribution in [-0.2, 0) is 19.1 Å². The van der Waals surface area contributed by atoms with E-state index in [1.54, 1.807) is 46.8 Å². The molecule has 2 atom stereocenters. The Balaban J connectivity index is 2.15. The Morgan fingerprint density at radius 1 is 1.31 bits per heavy atom. The van der Waals surface area contributed by atoms with Crippen LogP contribution in [0.1, 0.15) is 52.5 Å². The van der Waals surface area contributed by atoms with E-state index in [2.05, 4.69) is 15.3 Å². The first-order valence-electron chi connectivity index (χ1n) is 11.9. The highest BCUT2D eigenvalue weighted by molar-refractivity contribution is 8.14. The highest BCUT2D eigenvalue weighted by Crippen LogP contribution is 2.42. The van der Waals surface area contributed by atoms with Gasteiger partial charge in [-0.2, -0.15) is 0 Å². The lowest BCUT2D eigenvalue weighted by molar-refractivity contribution is -0.384. The normalized spacial score (nSPS) is 20.1. The Morgan fingerprint density at radius 2 is 2.06 bits per heavy atom. The summed E-state index contributed by atoms with van der Waals surface area (Å²) in [4.78, 5) is 46.9. The molecular weight excluding hydrogens is 484 g/mol. The summed E-state index contributed by atoms with van der Waals surface area (Å²) in [5.41, 5.74) is 0.621. The Bertz CT molecular complexity index is 1120. The van der Waals surface area contributed by atoms with Gasteiger partial charge in [-0.3, -0.25) is 24.9 Å². The molecule has 36 heavy (non-hydrogen) atoms. The molecule has 1 aromatic carbocycles. The number of nitrogens with one attached hydrogen (secondary N) is 1. The van der Waals surface area contributed by atoms with Crippen molar-refractivity contribution < 1.29 is 24.0 Å². The van der Waals surface area contributed by atoms with Gasteiger partial charge in [-0.15, -0.1) is 0 Å². The maximum atomic E-state index is 13.4. The molecule has 0 saturated heterocycles. The summed E-state index contributed by atoms with van der Waals surface area (Å²) in [6.07, 6.45) is 0.949. The number of esters is 2. The Morgan fingerprint density at radius 3 is 2.67 bits per heavy atom. The van der Waals surface area contributed by atoms with Crippen molar-refractivity contribution in [3.05, 3.63) is 51.2 Å². The molecule has 10 nitrogen and oxygen atoms in total. The molecule has 0 fully saturated rings. The summed E-state index contributed by atoms with van der Waals surface area (Å²) in [5, 5.41) is 15.5. The molecule has 1 aromatic rings. The largest absolute Gasteiger partial charge is 0.463 e. The summed E-state index contributed by atoms with van der Waals surface area (Å²) in [6.45, 7) is 10.3. The van der Waals surface area contributed by atoms with Gasteiger partial charge in [-0.05, 0) is 46.6 Å². The van der Waals surface area contributed by atoms with Crippen molar-refractivity contribution in [3.8, 4) is 0 Å². The number of rotatable bonds is 7. The van der Waals surface area contributed by atoms with E-state index >= 15 is 0 Å². The van der Waals surface area contributed by atoms with E-state index in [4.69, 9.17) is 9.47 Å². The first-order chi connectivity index (χ1) is 17.0. The molecule has 2 aliphatic rings. The summed E-state index contributed by atoms with van der Waals surface area (Å²) >= 11 is 1.41. The number of hydrogen-bond acceptors (Lipinski definition) is 10. The molecule has 194 valence electrons. The molecule has 0 spiro atoms. The highest BCUT2D eigenvalue weighted by atomic mass is 32.2. The molecule has 0 amide bonds. The van der Waals surface area contributed by atoms with Crippen molar-refractivity contribution >= 4 is 40.3 Å². The second-order valence-electron chi connectivity index (χ2n) is 9.43. The minimum Gasteiger partial charge on any atom is -0.463 e. The number of thioether (sulfide) groups is 1. The van der Waals surface area contributed by atoms with Gasteiger partial charge in [-0.1, -0.05) is 23.9 Å². The lowest BCUT2D eigenvalue weighted by Gasteiger charge is -2.34. The number of nitro benzene ring substituents is 1. The average molecular weight is 517 g/mol. The Labute approximate surface area is 214 Å². The zero-order chi connectivity index (χ0) is 26.5. The van der Waals surface area contributed by atoms with Crippen LogP contribution in [0.15, 0.2) is 45.5 Å². The second-order valence-corrected chi connectivity index (χ2v) is 10.4. The van der Waals surface area contributed by atoms with Gasteiger partial charge in [0.1, 0.15) is 11.5 Å². The zero-order valence-electron chi connectivity index (χ0n) is 21.2. The third-order valence-electron chi connectivity index (χ3n) is 5.52. The van der Waals surface area contributed by atoms with Gasteiger partial charge in [-0.25, -0.2) is 4.79 Å². The standard InChI is InChI=1S/C25H32N4O6S/c1-6-34-22(30)21-18(14-36-24-26-11-8-12-27-24)28-15(2)19(23(31)35-25(3,4)5)20(21)16-9-7-10-17(13-16)29(32)33/h7,9-10,13,19-20H,6,8,11-12,14H2,1-5H3,(H,26,27). The topological polar surface area (TPSA) is 132 Å². The summed E-state index contributed by atoms with van der Waals surface area (Å²) < 4.78 is 11.1. The molecule has 11 heteroatoms. The number of nitrogens with zero attached hydrogens (tertiary/aromatic N) is 3. The first-order valence-corrected chi connectivity index (χ1v) is 12.8. The maximum Gasteiger partial charge on any atom is 0.336 e. The number of carbonyl (C=O) groups excluding carboxylic acids is 2. The minimum atomic E-state index is -0.954. The van der Waals surface area contributed by atoms with Crippen LogP contribution in [0.5, 0.6) is 0 Å². The van der Waals surface area contributed by atoms with Crippen molar-refractivity contribution in [1.29, 1.82) is 0 Å². The van der Waals surface area contributed by atoms with E-state index in [1.807, 2.05) is 0 Å². The molecule has 0 saturated carbocycles. The number of ether oxygens (including phenoxy) is 2. The van der Waals surface area contributed by atoms with Crippen LogP contribution in [0.4, 0.5) is 5.69 Å². The molecule has 0 aliphatic carbocycles. The van der Waals surface area contributed by atoms with E-state index in [0.29, 0.717) is 22.7 Å². The van der Waals surface area contributed by atoms with Crippen LogP contribution in [0, 0.1) is 16.0 Å². The third kappa shape index (κ3) is 6.71. The minimum absolute atomic E-state index is 0.123. The van der Waals surface area contributed by atoms with Crippen LogP contribution < -0.4 is 5.32 Å². The third-order valence-corrected chi connectivity index (χ3v) is 6.49. The first kappa shape index (κ1) is 27.4. The maximum absolute atomic E-state index is 13.4. The predicted octanol–water partition coefficient (Wildman–Crippen LogP) is 4.01. The summed E-state index contributed by atoms with van der Waals surface area (Å²) in [7, 11) is 0. The molecule has 2 unspecified atom stereocenters. The van der Waals surface area contributed by atoms with Gasteiger partial charge in [0.25, 0.3) is 5.69 Å². The number of nitro groups is 1. The van der Waals surface area contributed by atoms with Crippen LogP contribution in [-0.4, -0.2) is 58.8 Å². The lowest BCUT2D eigenvalue weighted by Crippen LogP contribution is -2.40. The van der Waals surface area contributed by atoms with Crippen LogP contribution in [0.2, 0.25) is 0 Å². The van der Waals surface area contributed by atoms with E-state index in [-0.39, 0.29) is 17.9 Å². The van der Waals surface area contributed by atoms with Gasteiger partial charge in [0.2, 0.25) is 0 Å². The van der Waals surface area contributed by atoms with Crippen molar-refractivity contribution in [3.63, 3.8) is 0 Å². The molecule has 0 bridgehead atoms. The van der Waals surface area contributed by atoms with Crippen LogP contribution >= 0.6 is 11.8 Å². The van der Waals surface area contributed by atoms with Crippen molar-refractivity contribution in [1.82, 2.24) is 5.32 Å². The molecule has 2 aliphatic heterocycles. The quantitative estimate of drug-likeness (QED) is 0.327. The second kappa shape index (κ2) is 11.7. The molecule has 2 heterocycles. The van der Waals surface area contributed by atoms with Crippen LogP contribution in [0.25, 0.3) is 0 Å². The number of aliphatic imine (C=N–C) groups is 2. The fourth-order valence-electron chi connectivity index (χ4n) is 4.10. The van der Waals surface area contributed by atoms with E-state index < -0.39 is 34.3 Å². The monoisotopic (exact) mass is 516 g/mol. The highest BCUT2D eigenvalue weighted by Gasteiger charge is 2.44. The zero-order valence-corrected chi connectivity index (χ0v) is 22.0. The molecular formula is C25H32N4O6S. The predicted molar refractivity (Wildman–Crippen MR) is 139 cm³/mol. The SMILES string of the molecule is CCOC(=O)C1=C(CSC2=NCCCN2)N=C(C)C(C(=O)OC(C)(C)C)C1c1cccc([N+](=O)[O-])c1. The van der Waals surface area contributed by atoms with E-state index in [1.165, 1.54) is 23.9 Å². The number of hydrogen-bond donors (Lipinski definition) is 1. The number of carbonyl (C=O) groups is 2. The molecule has 0 radical (unpaired) electrons. The van der Waals surface area contributed by atoms with Gasteiger partial charge in [0, 0.05) is 42.6 Å². The molecule has 3 rings (SSSR count). The van der Waals surface area contributed by atoms with E-state index in [0.717, 1.165) is 24.7 Å². The number of amidine groups is 1. The van der Waals surface area contributed by atoms with Crippen molar-refractivity contribution in [2.45, 2.75) is 52.6 Å². The van der Waals surface area contributed by atoms with E-state index in [9.17, 15) is 19.7 Å². The van der Waals surface area contributed by atoms with Gasteiger partial charge >= 0.3 is 11.9 Å². The van der Waals surface area contributed by atoms with Gasteiger partial charge in [0.15, 0.2) is 5.17 Å². The Kier molecular flexibility index (Phi) is 8.89. The fraction of sp³-hybridized carbons (Fsp3) is 0.520. The number of non-ortho nitro benzene ring substituents is 1. The molecule has 0 aromatic heterocycles. The van der Waals surface area contributed by atoms with Crippen molar-refractivity contribution in [2.24, 2.45) is 15.9 Å². The van der Waals surface area contributed by atoms with Crippen molar-refractivity contribution in [2.75, 3.05) is 25.4 Å². The average Bonchev–Trinajstić information content (AvgIpc) is 2.81. The fourth-order valence-corrected chi connectivity index (χ4v) is 4.98. The van der Waals surface area contributed by atoms with Gasteiger partial charge < -0.3 is 14.8 Å².